The van der Waals surface area contributed by atoms with Crippen LogP contribution in [-0.4, -0.2) is 25.0 Å². The molecule has 2 aliphatic rings. The van der Waals surface area contributed by atoms with Gasteiger partial charge in [-0.15, -0.1) is 0 Å². The number of benzene rings is 1. The van der Waals surface area contributed by atoms with Crippen LogP contribution in [0.25, 0.3) is 0 Å². The average molecular weight is 300 g/mol. The van der Waals surface area contributed by atoms with E-state index in [2.05, 4.69) is 29.7 Å². The first-order valence-corrected chi connectivity index (χ1v) is 8.86. The van der Waals surface area contributed by atoms with Gasteiger partial charge >= 0.3 is 0 Å². The van der Waals surface area contributed by atoms with E-state index >= 15 is 0 Å². The highest BCUT2D eigenvalue weighted by molar-refractivity contribution is 5.94. The molecule has 3 nitrogen and oxygen atoms in total. The van der Waals surface area contributed by atoms with E-state index in [1.807, 2.05) is 6.07 Å². The number of aryl methyl sites for hydroxylation is 1. The van der Waals surface area contributed by atoms with Crippen molar-refractivity contribution in [1.29, 1.82) is 0 Å². The van der Waals surface area contributed by atoms with Gasteiger partial charge in [0.1, 0.15) is 0 Å². The van der Waals surface area contributed by atoms with Crippen LogP contribution in [0.1, 0.15) is 72.3 Å². The predicted octanol–water partition coefficient (Wildman–Crippen LogP) is 3.52. The Labute approximate surface area is 133 Å². The zero-order valence-electron chi connectivity index (χ0n) is 13.7. The molecule has 0 atom stereocenters. The molecular formula is C19H28N2O. The lowest BCUT2D eigenvalue weighted by Crippen LogP contribution is -2.36. The molecule has 1 aromatic rings. The molecule has 1 heterocycles. The van der Waals surface area contributed by atoms with E-state index in [0.717, 1.165) is 31.5 Å². The molecule has 0 unspecified atom stereocenters. The molecular weight excluding hydrogens is 272 g/mol. The van der Waals surface area contributed by atoms with Gasteiger partial charge < -0.3 is 10.6 Å². The average Bonchev–Trinajstić information content (AvgIpc) is 2.57. The summed E-state index contributed by atoms with van der Waals surface area (Å²) in [5.74, 6) is 0.714. The molecule has 0 radical (unpaired) electrons. The van der Waals surface area contributed by atoms with Gasteiger partial charge in [-0.2, -0.15) is 0 Å². The summed E-state index contributed by atoms with van der Waals surface area (Å²) in [6.45, 7) is 4.34. The number of hydrogen-bond donors (Lipinski definition) is 2. The Balaban J connectivity index is 1.71. The van der Waals surface area contributed by atoms with Crippen LogP contribution in [0, 0.1) is 6.92 Å². The molecule has 22 heavy (non-hydrogen) atoms. The molecule has 1 saturated carbocycles. The van der Waals surface area contributed by atoms with E-state index < -0.39 is 0 Å². The van der Waals surface area contributed by atoms with Gasteiger partial charge in [0.25, 0.3) is 5.91 Å². The van der Waals surface area contributed by atoms with Gasteiger partial charge in [-0.3, -0.25) is 4.79 Å². The minimum absolute atomic E-state index is 0.113. The van der Waals surface area contributed by atoms with Crippen molar-refractivity contribution >= 4 is 5.91 Å². The topological polar surface area (TPSA) is 41.1 Å². The Kier molecular flexibility index (Phi) is 5.14. The second-order valence-corrected chi connectivity index (χ2v) is 6.90. The van der Waals surface area contributed by atoms with Crippen molar-refractivity contribution in [3.63, 3.8) is 0 Å². The smallest absolute Gasteiger partial charge is 0.251 e. The van der Waals surface area contributed by atoms with Crippen molar-refractivity contribution in [2.24, 2.45) is 0 Å². The summed E-state index contributed by atoms with van der Waals surface area (Å²) in [6.07, 6.45) is 8.44. The van der Waals surface area contributed by atoms with Crippen LogP contribution < -0.4 is 10.6 Å². The zero-order valence-corrected chi connectivity index (χ0v) is 13.7. The summed E-state index contributed by atoms with van der Waals surface area (Å²) in [4.78, 5) is 12.5. The third-order valence-corrected chi connectivity index (χ3v) is 5.26. The Morgan fingerprint density at radius 2 is 1.82 bits per heavy atom. The maximum absolute atomic E-state index is 12.5. The van der Waals surface area contributed by atoms with Gasteiger partial charge in [0, 0.05) is 11.6 Å². The standard InChI is InChI=1S/C19H28N2O/c1-14-7-8-16(13-18(14)15-9-11-20-12-10-15)19(22)21-17-5-3-2-4-6-17/h7-8,13,15,17,20H,2-6,9-12H2,1H3,(H,21,22). The number of amides is 1. The van der Waals surface area contributed by atoms with Gasteiger partial charge in [-0.25, -0.2) is 0 Å². The number of rotatable bonds is 3. The number of nitrogens with one attached hydrogen (secondary N) is 2. The lowest BCUT2D eigenvalue weighted by atomic mass is 9.86. The molecule has 1 amide bonds. The zero-order chi connectivity index (χ0) is 15.4. The number of carbonyl (C=O) groups excluding carboxylic acids is 1. The molecule has 120 valence electrons. The third-order valence-electron chi connectivity index (χ3n) is 5.26. The molecule has 3 heteroatoms. The highest BCUT2D eigenvalue weighted by Gasteiger charge is 2.20. The van der Waals surface area contributed by atoms with Crippen molar-refractivity contribution in [1.82, 2.24) is 10.6 Å². The monoisotopic (exact) mass is 300 g/mol. The fraction of sp³-hybridized carbons (Fsp3) is 0.632. The van der Waals surface area contributed by atoms with Gasteiger partial charge in [0.2, 0.25) is 0 Å². The van der Waals surface area contributed by atoms with Crippen LogP contribution in [-0.2, 0) is 0 Å². The Morgan fingerprint density at radius 1 is 1.09 bits per heavy atom. The minimum Gasteiger partial charge on any atom is -0.349 e. The second-order valence-electron chi connectivity index (χ2n) is 6.90. The van der Waals surface area contributed by atoms with Crippen LogP contribution in [0.15, 0.2) is 18.2 Å². The van der Waals surface area contributed by atoms with Crippen LogP contribution in [0.4, 0.5) is 0 Å². The number of piperidine rings is 1. The molecule has 1 aliphatic carbocycles. The lowest BCUT2D eigenvalue weighted by molar-refractivity contribution is 0.0927. The largest absolute Gasteiger partial charge is 0.349 e. The third kappa shape index (κ3) is 3.70. The van der Waals surface area contributed by atoms with E-state index in [9.17, 15) is 4.79 Å². The molecule has 0 bridgehead atoms. The van der Waals surface area contributed by atoms with Gasteiger partial charge in [0.15, 0.2) is 0 Å². The highest BCUT2D eigenvalue weighted by atomic mass is 16.1. The Hall–Kier alpha value is -1.35. The van der Waals surface area contributed by atoms with Crippen molar-refractivity contribution in [2.45, 2.75) is 63.8 Å². The van der Waals surface area contributed by atoms with E-state index in [4.69, 9.17) is 0 Å². The molecule has 1 aliphatic heterocycles. The summed E-state index contributed by atoms with van der Waals surface area (Å²) in [5.41, 5.74) is 3.53. The van der Waals surface area contributed by atoms with E-state index in [1.54, 1.807) is 0 Å². The predicted molar refractivity (Wildman–Crippen MR) is 90.4 cm³/mol. The van der Waals surface area contributed by atoms with E-state index in [-0.39, 0.29) is 5.91 Å². The van der Waals surface area contributed by atoms with Crippen molar-refractivity contribution < 1.29 is 4.79 Å². The van der Waals surface area contributed by atoms with Crippen LogP contribution in [0.2, 0.25) is 0 Å². The van der Waals surface area contributed by atoms with Crippen molar-refractivity contribution in [2.75, 3.05) is 13.1 Å². The molecule has 2 N–H and O–H groups in total. The summed E-state index contributed by atoms with van der Waals surface area (Å²) in [6, 6.07) is 6.62. The van der Waals surface area contributed by atoms with Gasteiger partial charge in [-0.1, -0.05) is 25.3 Å². The fourth-order valence-corrected chi connectivity index (χ4v) is 3.87. The highest BCUT2D eigenvalue weighted by Crippen LogP contribution is 2.29. The first kappa shape index (κ1) is 15.5. The SMILES string of the molecule is Cc1ccc(C(=O)NC2CCCCC2)cc1C1CCNCC1. The van der Waals surface area contributed by atoms with Crippen LogP contribution in [0.3, 0.4) is 0 Å². The van der Waals surface area contributed by atoms with E-state index in [0.29, 0.717) is 12.0 Å². The lowest BCUT2D eigenvalue weighted by Gasteiger charge is -2.26. The maximum Gasteiger partial charge on any atom is 0.251 e. The Bertz CT molecular complexity index is 514. The number of carbonyl (C=O) groups is 1. The molecule has 0 aromatic heterocycles. The molecule has 3 rings (SSSR count). The molecule has 1 saturated heterocycles. The normalized spacial score (nSPS) is 20.8. The number of hydrogen-bond acceptors (Lipinski definition) is 2. The summed E-state index contributed by atoms with van der Waals surface area (Å²) < 4.78 is 0. The Morgan fingerprint density at radius 3 is 2.55 bits per heavy atom. The molecule has 0 spiro atoms. The first-order chi connectivity index (χ1) is 10.7. The summed E-state index contributed by atoms with van der Waals surface area (Å²) in [7, 11) is 0. The molecule has 1 aromatic carbocycles. The molecule has 2 fully saturated rings. The van der Waals surface area contributed by atoms with E-state index in [1.165, 1.54) is 43.2 Å². The van der Waals surface area contributed by atoms with Crippen LogP contribution >= 0.6 is 0 Å². The fourth-order valence-electron chi connectivity index (χ4n) is 3.87. The minimum atomic E-state index is 0.113. The summed E-state index contributed by atoms with van der Waals surface area (Å²) >= 11 is 0. The second kappa shape index (κ2) is 7.28. The quantitative estimate of drug-likeness (QED) is 0.896. The summed E-state index contributed by atoms with van der Waals surface area (Å²) in [5, 5.41) is 6.65. The maximum atomic E-state index is 12.5. The van der Waals surface area contributed by atoms with Gasteiger partial charge in [0.05, 0.1) is 0 Å². The van der Waals surface area contributed by atoms with Crippen molar-refractivity contribution in [3.8, 4) is 0 Å². The van der Waals surface area contributed by atoms with Gasteiger partial charge in [-0.05, 0) is 74.9 Å². The van der Waals surface area contributed by atoms with Crippen LogP contribution in [0.5, 0.6) is 0 Å². The first-order valence-electron chi connectivity index (χ1n) is 8.86. The van der Waals surface area contributed by atoms with Crippen molar-refractivity contribution in [3.05, 3.63) is 34.9 Å².